The van der Waals surface area contributed by atoms with Gasteiger partial charge in [-0.1, -0.05) is 30.3 Å². The van der Waals surface area contributed by atoms with Gasteiger partial charge in [0.1, 0.15) is 0 Å². The molecule has 2 nitrogen and oxygen atoms in total. The fraction of sp³-hybridized carbons (Fsp3) is 0.0833. The highest BCUT2D eigenvalue weighted by Crippen LogP contribution is 2.23. The van der Waals surface area contributed by atoms with E-state index in [9.17, 15) is 4.79 Å². The molecule has 0 spiro atoms. The molecule has 2 aromatic rings. The first kappa shape index (κ1) is 12.8. The summed E-state index contributed by atoms with van der Waals surface area (Å²) in [5.41, 5.74) is 1.27. The van der Waals surface area contributed by atoms with E-state index in [2.05, 4.69) is 0 Å². The summed E-state index contributed by atoms with van der Waals surface area (Å²) < 4.78 is 0. The minimum atomic E-state index is -0.910. The van der Waals surface area contributed by atoms with Gasteiger partial charge in [0.15, 0.2) is 0 Å². The lowest BCUT2D eigenvalue weighted by molar-refractivity contribution is 0.0699. The lowest BCUT2D eigenvalue weighted by Gasteiger charge is -2.06. The van der Waals surface area contributed by atoms with Crippen LogP contribution in [-0.2, 0) is 5.88 Å². The summed E-state index contributed by atoms with van der Waals surface area (Å²) in [7, 11) is 0. The first-order valence-corrected chi connectivity index (χ1v) is 5.07. The summed E-state index contributed by atoms with van der Waals surface area (Å²) in [6, 6.07) is 10.8. The molecule has 4 heteroatoms. The lowest BCUT2D eigenvalue weighted by Crippen LogP contribution is -1.98. The van der Waals surface area contributed by atoms with Crippen LogP contribution in [-0.4, -0.2) is 11.1 Å². The van der Waals surface area contributed by atoms with E-state index in [1.807, 2.05) is 18.2 Å². The summed E-state index contributed by atoms with van der Waals surface area (Å²) in [5, 5.41) is 10.7. The van der Waals surface area contributed by atoms with Crippen molar-refractivity contribution in [3.8, 4) is 0 Å². The Morgan fingerprint density at radius 1 is 1.12 bits per heavy atom. The number of hydrogen-bond acceptors (Lipinski definition) is 1. The van der Waals surface area contributed by atoms with Crippen LogP contribution in [0.2, 0.25) is 0 Å². The van der Waals surface area contributed by atoms with Crippen molar-refractivity contribution >= 4 is 40.7 Å². The zero-order chi connectivity index (χ0) is 10.8. The summed E-state index contributed by atoms with van der Waals surface area (Å²) >= 11 is 5.79. The molecule has 0 fully saturated rings. The monoisotopic (exact) mass is 256 g/mol. The van der Waals surface area contributed by atoms with Crippen molar-refractivity contribution in [2.45, 2.75) is 5.88 Å². The number of carbonyl (C=O) groups is 1. The van der Waals surface area contributed by atoms with Gasteiger partial charge in [-0.25, -0.2) is 4.79 Å². The molecule has 0 aliphatic heterocycles. The maximum Gasteiger partial charge on any atom is 0.336 e. The molecule has 0 aliphatic rings. The molecule has 0 saturated carbocycles. The van der Waals surface area contributed by atoms with Crippen LogP contribution in [0.1, 0.15) is 15.9 Å². The molecule has 0 radical (unpaired) electrons. The standard InChI is InChI=1S/C12H9ClO2.ClH/c13-7-8-5-6-11(12(14)15)10-4-2-1-3-9(8)10;/h1-6H,7H2,(H,14,15);1H. The van der Waals surface area contributed by atoms with Gasteiger partial charge in [0.2, 0.25) is 0 Å². The number of rotatable bonds is 2. The Balaban J connectivity index is 0.00000128. The van der Waals surface area contributed by atoms with E-state index in [0.717, 1.165) is 16.3 Å². The molecule has 0 aromatic heterocycles. The van der Waals surface area contributed by atoms with Crippen molar-refractivity contribution < 1.29 is 9.90 Å². The number of carboxylic acid groups (broad SMARTS) is 1. The number of hydrogen-bond donors (Lipinski definition) is 1. The fourth-order valence-corrected chi connectivity index (χ4v) is 1.90. The van der Waals surface area contributed by atoms with E-state index in [-0.39, 0.29) is 12.4 Å². The average Bonchev–Trinajstić information content (AvgIpc) is 2.27. The Morgan fingerprint density at radius 3 is 2.31 bits per heavy atom. The van der Waals surface area contributed by atoms with Crippen molar-refractivity contribution in [3.63, 3.8) is 0 Å². The van der Waals surface area contributed by atoms with E-state index in [1.54, 1.807) is 18.2 Å². The van der Waals surface area contributed by atoms with Crippen LogP contribution in [0, 0.1) is 0 Å². The van der Waals surface area contributed by atoms with Crippen LogP contribution in [0.4, 0.5) is 0 Å². The average molecular weight is 257 g/mol. The third-order valence-electron chi connectivity index (χ3n) is 2.39. The molecule has 0 saturated heterocycles. The van der Waals surface area contributed by atoms with Gasteiger partial charge in [0, 0.05) is 5.88 Å². The fourth-order valence-electron chi connectivity index (χ4n) is 1.66. The minimum Gasteiger partial charge on any atom is -0.478 e. The Morgan fingerprint density at radius 2 is 1.75 bits per heavy atom. The van der Waals surface area contributed by atoms with E-state index in [0.29, 0.717) is 11.4 Å². The molecule has 16 heavy (non-hydrogen) atoms. The number of fused-ring (bicyclic) bond motifs is 1. The van der Waals surface area contributed by atoms with Gasteiger partial charge in [-0.2, -0.15) is 0 Å². The number of halogens is 2. The number of carboxylic acids is 1. The Kier molecular flexibility index (Phi) is 4.16. The van der Waals surface area contributed by atoms with Crippen LogP contribution < -0.4 is 0 Å². The van der Waals surface area contributed by atoms with E-state index < -0.39 is 5.97 Å². The zero-order valence-corrected chi connectivity index (χ0v) is 9.89. The van der Waals surface area contributed by atoms with Crippen molar-refractivity contribution in [1.82, 2.24) is 0 Å². The van der Waals surface area contributed by atoms with Crippen molar-refractivity contribution in [1.29, 1.82) is 0 Å². The van der Waals surface area contributed by atoms with Gasteiger partial charge in [0.25, 0.3) is 0 Å². The molecule has 0 aliphatic carbocycles. The van der Waals surface area contributed by atoms with E-state index in [1.165, 1.54) is 0 Å². The minimum absolute atomic E-state index is 0. The van der Waals surface area contributed by atoms with E-state index >= 15 is 0 Å². The Labute approximate surface area is 104 Å². The van der Waals surface area contributed by atoms with Gasteiger partial charge in [-0.15, -0.1) is 24.0 Å². The normalized spacial score (nSPS) is 9.81. The third kappa shape index (κ3) is 2.13. The van der Waals surface area contributed by atoms with Gasteiger partial charge >= 0.3 is 5.97 Å². The van der Waals surface area contributed by atoms with Gasteiger partial charge in [0.05, 0.1) is 5.56 Å². The molecule has 1 N–H and O–H groups in total. The molecule has 0 heterocycles. The number of benzene rings is 2. The van der Waals surface area contributed by atoms with Crippen molar-refractivity contribution in [2.24, 2.45) is 0 Å². The predicted molar refractivity (Wildman–Crippen MR) is 67.7 cm³/mol. The lowest BCUT2D eigenvalue weighted by atomic mass is 10.0. The van der Waals surface area contributed by atoms with Crippen LogP contribution in [0.25, 0.3) is 10.8 Å². The molecule has 0 bridgehead atoms. The first-order valence-electron chi connectivity index (χ1n) is 4.54. The second-order valence-corrected chi connectivity index (χ2v) is 3.52. The van der Waals surface area contributed by atoms with Crippen LogP contribution >= 0.6 is 24.0 Å². The SMILES string of the molecule is Cl.O=C(O)c1ccc(CCl)c2ccccc12. The largest absolute Gasteiger partial charge is 0.478 e. The van der Waals surface area contributed by atoms with Gasteiger partial charge < -0.3 is 5.11 Å². The molecule has 0 unspecified atom stereocenters. The summed E-state index contributed by atoms with van der Waals surface area (Å²) in [6.45, 7) is 0. The smallest absolute Gasteiger partial charge is 0.336 e. The molecule has 2 aromatic carbocycles. The summed E-state index contributed by atoms with van der Waals surface area (Å²) in [4.78, 5) is 11.0. The number of aromatic carboxylic acids is 1. The quantitative estimate of drug-likeness (QED) is 0.833. The molecule has 0 amide bonds. The molecular weight excluding hydrogens is 247 g/mol. The topological polar surface area (TPSA) is 37.3 Å². The molecule has 0 atom stereocenters. The van der Waals surface area contributed by atoms with Gasteiger partial charge in [-0.3, -0.25) is 0 Å². The van der Waals surface area contributed by atoms with Crippen molar-refractivity contribution in [2.75, 3.05) is 0 Å². The van der Waals surface area contributed by atoms with Crippen molar-refractivity contribution in [3.05, 3.63) is 47.5 Å². The summed E-state index contributed by atoms with van der Waals surface area (Å²) in [5.74, 6) is -0.521. The summed E-state index contributed by atoms with van der Waals surface area (Å²) in [6.07, 6.45) is 0. The highest BCUT2D eigenvalue weighted by atomic mass is 35.5. The first-order chi connectivity index (χ1) is 7.24. The highest BCUT2D eigenvalue weighted by molar-refractivity contribution is 6.18. The molecule has 2 rings (SSSR count). The maximum atomic E-state index is 11.0. The third-order valence-corrected chi connectivity index (χ3v) is 2.68. The Hall–Kier alpha value is -1.25. The Bertz CT molecular complexity index is 523. The second-order valence-electron chi connectivity index (χ2n) is 3.26. The predicted octanol–water partition coefficient (Wildman–Crippen LogP) is 3.70. The van der Waals surface area contributed by atoms with Gasteiger partial charge in [-0.05, 0) is 22.4 Å². The van der Waals surface area contributed by atoms with Crippen LogP contribution in [0.5, 0.6) is 0 Å². The maximum absolute atomic E-state index is 11.0. The van der Waals surface area contributed by atoms with Crippen LogP contribution in [0.15, 0.2) is 36.4 Å². The highest BCUT2D eigenvalue weighted by Gasteiger charge is 2.09. The molecule has 84 valence electrons. The zero-order valence-electron chi connectivity index (χ0n) is 8.31. The molecular formula is C12H10Cl2O2. The second kappa shape index (κ2) is 5.19. The number of alkyl halides is 1. The van der Waals surface area contributed by atoms with E-state index in [4.69, 9.17) is 16.7 Å². The van der Waals surface area contributed by atoms with Crippen LogP contribution in [0.3, 0.4) is 0 Å².